The van der Waals surface area contributed by atoms with Gasteiger partial charge in [-0.3, -0.25) is 0 Å². The van der Waals surface area contributed by atoms with Crippen molar-refractivity contribution in [3.8, 4) is 0 Å². The van der Waals surface area contributed by atoms with Gasteiger partial charge in [-0.05, 0) is 33.6 Å². The van der Waals surface area contributed by atoms with E-state index in [9.17, 15) is 9.59 Å². The van der Waals surface area contributed by atoms with E-state index in [1.165, 1.54) is 11.6 Å². The van der Waals surface area contributed by atoms with E-state index in [4.69, 9.17) is 10.2 Å². The fraction of sp³-hybridized carbons (Fsp3) is 0.625. The Hall–Kier alpha value is -1.82. The van der Waals surface area contributed by atoms with Gasteiger partial charge in [0.15, 0.2) is 0 Å². The van der Waals surface area contributed by atoms with E-state index in [-0.39, 0.29) is 6.61 Å². The third-order valence-corrected chi connectivity index (χ3v) is 2.45. The lowest BCUT2D eigenvalue weighted by Gasteiger charge is -2.22. The average molecular weight is 316 g/mol. The first-order chi connectivity index (χ1) is 9.94. The Morgan fingerprint density at radius 1 is 1.09 bits per heavy atom. The maximum Gasteiger partial charge on any atom is 0.505 e. The van der Waals surface area contributed by atoms with Crippen LogP contribution in [-0.4, -0.2) is 61.1 Å². The summed E-state index contributed by atoms with van der Waals surface area (Å²) in [6.45, 7) is 6.88. The summed E-state index contributed by atoms with van der Waals surface area (Å²) in [6, 6.07) is 0. The van der Waals surface area contributed by atoms with Gasteiger partial charge in [-0.25, -0.2) is 9.59 Å². The van der Waals surface area contributed by atoms with Crippen molar-refractivity contribution in [2.75, 3.05) is 34.3 Å². The molecule has 0 atom stereocenters. The zero-order valence-electron chi connectivity index (χ0n) is 14.5. The largest absolute Gasteiger partial charge is 0.505 e. The van der Waals surface area contributed by atoms with Crippen LogP contribution >= 0.6 is 0 Å². The second-order valence-electron chi connectivity index (χ2n) is 6.28. The number of hydrogen-bond donors (Lipinski definition) is 2. The lowest BCUT2D eigenvalue weighted by Crippen LogP contribution is -2.37. The molecule has 0 aliphatic heterocycles. The van der Waals surface area contributed by atoms with Gasteiger partial charge in [0.1, 0.15) is 13.2 Å². The molecule has 0 radical (unpaired) electrons. The van der Waals surface area contributed by atoms with Crippen LogP contribution in [0.5, 0.6) is 0 Å². The topological polar surface area (TPSA) is 83.8 Å². The lowest BCUT2D eigenvalue weighted by atomic mass is 10.1. The van der Waals surface area contributed by atoms with Crippen molar-refractivity contribution in [1.82, 2.24) is 0 Å². The van der Waals surface area contributed by atoms with E-state index in [0.29, 0.717) is 11.0 Å². The van der Waals surface area contributed by atoms with Crippen LogP contribution in [0.15, 0.2) is 23.3 Å². The SMILES string of the molecule is CC(C)=CCC/C(C)=C/C(=O)O.C[N+](C)(C)CCOC(=O)O. The second kappa shape index (κ2) is 11.8. The van der Waals surface area contributed by atoms with Crippen molar-refractivity contribution in [2.45, 2.75) is 33.6 Å². The molecule has 0 heterocycles. The molecule has 0 unspecified atom stereocenters. The summed E-state index contributed by atoms with van der Waals surface area (Å²) in [6.07, 6.45) is 3.93. The fourth-order valence-corrected chi connectivity index (χ4v) is 1.28. The van der Waals surface area contributed by atoms with E-state index in [0.717, 1.165) is 18.4 Å². The quantitative estimate of drug-likeness (QED) is 0.326. The van der Waals surface area contributed by atoms with Gasteiger partial charge in [-0.2, -0.15) is 0 Å². The molecule has 0 saturated carbocycles. The molecule has 0 saturated heterocycles. The highest BCUT2D eigenvalue weighted by molar-refractivity contribution is 5.80. The number of carboxylic acids is 1. The third kappa shape index (κ3) is 23.3. The predicted octanol–water partition coefficient (Wildman–Crippen LogP) is 3.15. The molecule has 22 heavy (non-hydrogen) atoms. The summed E-state index contributed by atoms with van der Waals surface area (Å²) in [5, 5.41) is 16.5. The minimum absolute atomic E-state index is 0.263. The van der Waals surface area contributed by atoms with Crippen LogP contribution in [0.3, 0.4) is 0 Å². The number of rotatable bonds is 7. The molecule has 0 aromatic carbocycles. The van der Waals surface area contributed by atoms with Crippen LogP contribution in [0.2, 0.25) is 0 Å². The summed E-state index contributed by atoms with van der Waals surface area (Å²) in [5.41, 5.74) is 2.19. The highest BCUT2D eigenvalue weighted by Gasteiger charge is 2.07. The molecule has 128 valence electrons. The number of nitrogens with zero attached hydrogens (tertiary/aromatic N) is 1. The second-order valence-corrected chi connectivity index (χ2v) is 6.28. The molecule has 6 nitrogen and oxygen atoms in total. The van der Waals surface area contributed by atoms with Crippen LogP contribution in [0.4, 0.5) is 4.79 Å². The van der Waals surface area contributed by atoms with Crippen LogP contribution in [-0.2, 0) is 9.53 Å². The van der Waals surface area contributed by atoms with E-state index >= 15 is 0 Å². The Labute approximate surface area is 133 Å². The van der Waals surface area contributed by atoms with Crippen molar-refractivity contribution in [3.63, 3.8) is 0 Å². The standard InChI is InChI=1S/C10H16O2.C6H13NO3/c1-8(2)5-4-6-9(3)7-10(11)12;1-7(2,3)4-5-10-6(8)9/h5,7H,4,6H2,1-3H3,(H,11,12);4-5H2,1-3H3/p+1/b9-7+;. The molecule has 0 aromatic heterocycles. The Balaban J connectivity index is 0. The van der Waals surface area contributed by atoms with Gasteiger partial charge in [-0.15, -0.1) is 0 Å². The monoisotopic (exact) mass is 316 g/mol. The number of hydrogen-bond acceptors (Lipinski definition) is 3. The highest BCUT2D eigenvalue weighted by Crippen LogP contribution is 2.05. The summed E-state index contributed by atoms with van der Waals surface area (Å²) >= 11 is 0. The van der Waals surface area contributed by atoms with Crippen molar-refractivity contribution < 1.29 is 29.0 Å². The molecule has 2 N–H and O–H groups in total. The maximum atomic E-state index is 10.2. The van der Waals surface area contributed by atoms with Crippen LogP contribution in [0.1, 0.15) is 33.6 Å². The van der Waals surface area contributed by atoms with E-state index < -0.39 is 12.1 Å². The van der Waals surface area contributed by atoms with Gasteiger partial charge < -0.3 is 19.4 Å². The summed E-state index contributed by atoms with van der Waals surface area (Å²) in [5.74, 6) is -0.857. The molecular weight excluding hydrogens is 286 g/mol. The predicted molar refractivity (Wildman–Crippen MR) is 86.9 cm³/mol. The molecule has 0 rings (SSSR count). The number of carboxylic acid groups (broad SMARTS) is 2. The Morgan fingerprint density at radius 2 is 1.64 bits per heavy atom. The Morgan fingerprint density at radius 3 is 2.00 bits per heavy atom. The number of allylic oxidation sites excluding steroid dienone is 3. The molecule has 0 aliphatic carbocycles. The first-order valence-electron chi connectivity index (χ1n) is 7.13. The fourth-order valence-electron chi connectivity index (χ4n) is 1.28. The van der Waals surface area contributed by atoms with Crippen LogP contribution < -0.4 is 0 Å². The van der Waals surface area contributed by atoms with Gasteiger partial charge in [-0.1, -0.05) is 17.2 Å². The zero-order chi connectivity index (χ0) is 17.8. The van der Waals surface area contributed by atoms with Gasteiger partial charge in [0.05, 0.1) is 21.1 Å². The van der Waals surface area contributed by atoms with Crippen LogP contribution in [0.25, 0.3) is 0 Å². The van der Waals surface area contributed by atoms with Crippen molar-refractivity contribution in [2.24, 2.45) is 0 Å². The molecule has 0 aromatic rings. The first-order valence-corrected chi connectivity index (χ1v) is 7.13. The van der Waals surface area contributed by atoms with Gasteiger partial charge in [0.25, 0.3) is 0 Å². The molecule has 0 aliphatic rings. The molecule has 0 bridgehead atoms. The summed E-state index contributed by atoms with van der Waals surface area (Å²) in [7, 11) is 5.93. The van der Waals surface area contributed by atoms with Gasteiger partial charge >= 0.3 is 12.1 Å². The average Bonchev–Trinajstić information content (AvgIpc) is 2.25. The number of aliphatic carboxylic acids is 1. The summed E-state index contributed by atoms with van der Waals surface area (Å²) in [4.78, 5) is 20.1. The van der Waals surface area contributed by atoms with E-state index in [1.807, 2.05) is 41.9 Å². The Bertz CT molecular complexity index is 401. The lowest BCUT2D eigenvalue weighted by molar-refractivity contribution is -0.870. The minimum atomic E-state index is -1.20. The zero-order valence-corrected chi connectivity index (χ0v) is 14.5. The maximum absolute atomic E-state index is 10.2. The number of quaternary nitrogens is 1. The molecule has 6 heteroatoms. The number of ether oxygens (including phenoxy) is 1. The smallest absolute Gasteiger partial charge is 0.478 e. The molecule has 0 spiro atoms. The Kier molecular flexibility index (Phi) is 12.0. The third-order valence-electron chi connectivity index (χ3n) is 2.45. The van der Waals surface area contributed by atoms with Gasteiger partial charge in [0, 0.05) is 6.08 Å². The normalized spacial score (nSPS) is 11.1. The summed E-state index contributed by atoms with van der Waals surface area (Å²) < 4.78 is 5.03. The van der Waals surface area contributed by atoms with E-state index in [1.54, 1.807) is 0 Å². The van der Waals surface area contributed by atoms with Crippen molar-refractivity contribution >= 4 is 12.1 Å². The molecular formula is C16H30NO5+. The number of likely N-dealkylation sites (N-methyl/N-ethyl adjacent to an activating group) is 1. The molecule has 0 fully saturated rings. The van der Waals surface area contributed by atoms with Crippen molar-refractivity contribution in [3.05, 3.63) is 23.3 Å². The highest BCUT2D eigenvalue weighted by atomic mass is 16.7. The van der Waals surface area contributed by atoms with Gasteiger partial charge in [0.2, 0.25) is 0 Å². The number of carbonyl (C=O) groups is 2. The van der Waals surface area contributed by atoms with Crippen LogP contribution in [0, 0.1) is 0 Å². The van der Waals surface area contributed by atoms with E-state index in [2.05, 4.69) is 10.8 Å². The first kappa shape index (κ1) is 22.5. The van der Waals surface area contributed by atoms with Crippen molar-refractivity contribution in [1.29, 1.82) is 0 Å². The molecule has 0 amide bonds. The minimum Gasteiger partial charge on any atom is -0.478 e.